The molecule has 6 nitrogen and oxygen atoms in total. The zero-order valence-corrected chi connectivity index (χ0v) is 15.2. The average Bonchev–Trinajstić information content (AvgIpc) is 3.33. The van der Waals surface area contributed by atoms with Gasteiger partial charge in [0.2, 0.25) is 6.79 Å². The molecular formula is C21H20N2O4. The van der Waals surface area contributed by atoms with Gasteiger partial charge in [0.25, 0.3) is 0 Å². The highest BCUT2D eigenvalue weighted by Gasteiger charge is 2.26. The van der Waals surface area contributed by atoms with Crippen LogP contribution in [0.15, 0.2) is 48.7 Å². The Hall–Kier alpha value is -3.12. The van der Waals surface area contributed by atoms with Crippen LogP contribution in [0.3, 0.4) is 0 Å². The van der Waals surface area contributed by atoms with Gasteiger partial charge >= 0.3 is 0 Å². The quantitative estimate of drug-likeness (QED) is 0.772. The van der Waals surface area contributed by atoms with E-state index in [1.807, 2.05) is 12.1 Å². The lowest BCUT2D eigenvalue weighted by Gasteiger charge is -2.19. The molecule has 0 radical (unpaired) electrons. The van der Waals surface area contributed by atoms with E-state index in [-0.39, 0.29) is 12.8 Å². The van der Waals surface area contributed by atoms with Crippen LogP contribution in [0, 0.1) is 0 Å². The van der Waals surface area contributed by atoms with Gasteiger partial charge in [0.1, 0.15) is 0 Å². The Labute approximate surface area is 157 Å². The van der Waals surface area contributed by atoms with E-state index in [1.54, 1.807) is 14.2 Å². The van der Waals surface area contributed by atoms with Crippen molar-refractivity contribution in [1.82, 2.24) is 9.88 Å². The standard InChI is InChI=1S/C21H20N2O4/c1-24-17-6-5-13(8-18(17)25-2)21-15-4-3-7-23(15)16-10-20-19(26-12-27-20)9-14(16)11-22-21/h3-10,21-22H,11-12H2,1-2H3/t21-/m0/s1. The topological polar surface area (TPSA) is 53.9 Å². The third-order valence-electron chi connectivity index (χ3n) is 5.15. The SMILES string of the molecule is COc1ccc([C@@H]2NCc3cc4c(cc3-n3cccc32)OCO4)cc1OC. The summed E-state index contributed by atoms with van der Waals surface area (Å²) in [5, 5.41) is 3.66. The van der Waals surface area contributed by atoms with Crippen LogP contribution in [0.2, 0.25) is 0 Å². The van der Waals surface area contributed by atoms with Crippen LogP contribution in [0.1, 0.15) is 22.9 Å². The summed E-state index contributed by atoms with van der Waals surface area (Å²) in [4.78, 5) is 0. The maximum Gasteiger partial charge on any atom is 0.231 e. The van der Waals surface area contributed by atoms with Gasteiger partial charge in [-0.1, -0.05) is 6.07 Å². The number of hydrogen-bond acceptors (Lipinski definition) is 5. The summed E-state index contributed by atoms with van der Waals surface area (Å²) in [6.45, 7) is 0.991. The Bertz CT molecular complexity index is 1010. The highest BCUT2D eigenvalue weighted by Crippen LogP contribution is 2.40. The number of rotatable bonds is 3. The number of ether oxygens (including phenoxy) is 4. The van der Waals surface area contributed by atoms with E-state index in [4.69, 9.17) is 18.9 Å². The summed E-state index contributed by atoms with van der Waals surface area (Å²) in [5.74, 6) is 3.03. The minimum atomic E-state index is 0.0175. The highest BCUT2D eigenvalue weighted by molar-refractivity contribution is 5.57. The fourth-order valence-electron chi connectivity index (χ4n) is 3.83. The Kier molecular flexibility index (Phi) is 3.72. The van der Waals surface area contributed by atoms with Crippen molar-refractivity contribution in [1.29, 1.82) is 0 Å². The van der Waals surface area contributed by atoms with Gasteiger partial charge < -0.3 is 28.8 Å². The Morgan fingerprint density at radius 2 is 1.81 bits per heavy atom. The van der Waals surface area contributed by atoms with E-state index >= 15 is 0 Å². The minimum Gasteiger partial charge on any atom is -0.493 e. The fraction of sp³-hybridized carbons (Fsp3) is 0.238. The van der Waals surface area contributed by atoms with Gasteiger partial charge in [0, 0.05) is 24.5 Å². The van der Waals surface area contributed by atoms with Crippen LogP contribution in [0.5, 0.6) is 23.0 Å². The van der Waals surface area contributed by atoms with Crippen LogP contribution >= 0.6 is 0 Å². The molecule has 0 fully saturated rings. The molecule has 1 atom stereocenters. The molecule has 1 N–H and O–H groups in total. The third-order valence-corrected chi connectivity index (χ3v) is 5.15. The first-order chi connectivity index (χ1) is 13.3. The first-order valence-electron chi connectivity index (χ1n) is 8.84. The zero-order chi connectivity index (χ0) is 18.4. The number of aromatic nitrogens is 1. The number of hydrogen-bond donors (Lipinski definition) is 1. The molecule has 5 rings (SSSR count). The predicted octanol–water partition coefficient (Wildman–Crippen LogP) is 3.42. The molecule has 0 spiro atoms. The van der Waals surface area contributed by atoms with Gasteiger partial charge in [0.15, 0.2) is 23.0 Å². The number of nitrogens with zero attached hydrogens (tertiary/aromatic N) is 1. The molecule has 0 aliphatic carbocycles. The van der Waals surface area contributed by atoms with Crippen LogP contribution in [-0.4, -0.2) is 25.6 Å². The monoisotopic (exact) mass is 364 g/mol. The molecule has 2 aromatic carbocycles. The molecule has 138 valence electrons. The van der Waals surface area contributed by atoms with Crippen molar-refractivity contribution in [2.24, 2.45) is 0 Å². The molecule has 0 bridgehead atoms. The Balaban J connectivity index is 1.61. The maximum atomic E-state index is 5.58. The van der Waals surface area contributed by atoms with Crippen LogP contribution in [0.4, 0.5) is 0 Å². The largest absolute Gasteiger partial charge is 0.493 e. The van der Waals surface area contributed by atoms with Crippen molar-refractivity contribution < 1.29 is 18.9 Å². The summed E-state index contributed by atoms with van der Waals surface area (Å²) in [7, 11) is 3.30. The lowest BCUT2D eigenvalue weighted by molar-refractivity contribution is 0.174. The second-order valence-electron chi connectivity index (χ2n) is 6.57. The molecule has 27 heavy (non-hydrogen) atoms. The number of fused-ring (bicyclic) bond motifs is 4. The van der Waals surface area contributed by atoms with E-state index < -0.39 is 0 Å². The normalized spacial score (nSPS) is 17.0. The number of nitrogens with one attached hydrogen (secondary N) is 1. The number of benzene rings is 2. The Morgan fingerprint density at radius 3 is 2.63 bits per heavy atom. The minimum absolute atomic E-state index is 0.0175. The van der Waals surface area contributed by atoms with Crippen molar-refractivity contribution in [3.63, 3.8) is 0 Å². The summed E-state index contributed by atoms with van der Waals surface area (Å²) >= 11 is 0. The molecule has 0 amide bonds. The third kappa shape index (κ3) is 2.52. The lowest BCUT2D eigenvalue weighted by atomic mass is 10.0. The second kappa shape index (κ2) is 6.25. The fourth-order valence-corrected chi connectivity index (χ4v) is 3.83. The molecule has 6 heteroatoms. The van der Waals surface area contributed by atoms with Gasteiger partial charge in [-0.3, -0.25) is 0 Å². The van der Waals surface area contributed by atoms with Gasteiger partial charge in [-0.25, -0.2) is 0 Å². The first kappa shape index (κ1) is 16.1. The molecule has 0 saturated heterocycles. The molecular weight excluding hydrogens is 344 g/mol. The van der Waals surface area contributed by atoms with Gasteiger partial charge in [-0.15, -0.1) is 0 Å². The van der Waals surface area contributed by atoms with E-state index in [2.05, 4.69) is 46.4 Å². The van der Waals surface area contributed by atoms with Gasteiger partial charge in [-0.05, 0) is 41.5 Å². The van der Waals surface area contributed by atoms with E-state index in [1.165, 1.54) is 5.56 Å². The predicted molar refractivity (Wildman–Crippen MR) is 100 cm³/mol. The summed E-state index contributed by atoms with van der Waals surface area (Å²) in [5.41, 5.74) is 4.54. The molecule has 2 aliphatic heterocycles. The molecule has 3 aromatic rings. The smallest absolute Gasteiger partial charge is 0.231 e. The maximum absolute atomic E-state index is 5.58. The highest BCUT2D eigenvalue weighted by atomic mass is 16.7. The van der Waals surface area contributed by atoms with Gasteiger partial charge in [-0.2, -0.15) is 0 Å². The summed E-state index contributed by atoms with van der Waals surface area (Å²) in [6, 6.07) is 14.4. The summed E-state index contributed by atoms with van der Waals surface area (Å²) in [6.07, 6.45) is 2.08. The van der Waals surface area contributed by atoms with Crippen molar-refractivity contribution in [2.75, 3.05) is 21.0 Å². The van der Waals surface area contributed by atoms with Crippen LogP contribution in [-0.2, 0) is 6.54 Å². The van der Waals surface area contributed by atoms with Crippen LogP contribution in [0.25, 0.3) is 5.69 Å². The van der Waals surface area contributed by atoms with Crippen molar-refractivity contribution in [2.45, 2.75) is 12.6 Å². The van der Waals surface area contributed by atoms with Crippen molar-refractivity contribution in [3.8, 4) is 28.7 Å². The molecule has 3 heterocycles. The van der Waals surface area contributed by atoms with Crippen molar-refractivity contribution >= 4 is 0 Å². The first-order valence-corrected chi connectivity index (χ1v) is 8.84. The van der Waals surface area contributed by atoms with E-state index in [0.29, 0.717) is 6.54 Å². The molecule has 2 aliphatic rings. The lowest BCUT2D eigenvalue weighted by Crippen LogP contribution is -2.21. The van der Waals surface area contributed by atoms with E-state index in [9.17, 15) is 0 Å². The Morgan fingerprint density at radius 1 is 1.00 bits per heavy atom. The van der Waals surface area contributed by atoms with Crippen LogP contribution < -0.4 is 24.3 Å². The second-order valence-corrected chi connectivity index (χ2v) is 6.57. The van der Waals surface area contributed by atoms with Gasteiger partial charge in [0.05, 0.1) is 25.9 Å². The zero-order valence-electron chi connectivity index (χ0n) is 15.2. The van der Waals surface area contributed by atoms with E-state index in [0.717, 1.165) is 39.9 Å². The molecule has 1 aromatic heterocycles. The molecule has 0 saturated carbocycles. The summed E-state index contributed by atoms with van der Waals surface area (Å²) < 4.78 is 24.2. The number of methoxy groups -OCH3 is 2. The average molecular weight is 364 g/mol. The molecule has 0 unspecified atom stereocenters. The van der Waals surface area contributed by atoms with Crippen molar-refractivity contribution in [3.05, 3.63) is 65.5 Å².